The van der Waals surface area contributed by atoms with Gasteiger partial charge in [0.05, 0.1) is 13.2 Å². The molecule has 2 rings (SSSR count). The Bertz CT molecular complexity index is 681. The fourth-order valence-corrected chi connectivity index (χ4v) is 4.51. The average molecular weight is 523 g/mol. The molecular weight excluding hydrogens is 472 g/mol. The molecule has 2 aliphatic heterocycles. The second kappa shape index (κ2) is 21.7. The van der Waals surface area contributed by atoms with Crippen molar-refractivity contribution in [3.05, 3.63) is 12.7 Å². The number of unbranched alkanes of at least 4 members (excludes halogenated alkanes) is 6. The van der Waals surface area contributed by atoms with Gasteiger partial charge >= 0.3 is 11.9 Å². The number of esters is 2. The molecule has 0 aromatic rings. The van der Waals surface area contributed by atoms with Crippen LogP contribution in [0.1, 0.15) is 110 Å². The van der Waals surface area contributed by atoms with Gasteiger partial charge in [0, 0.05) is 52.0 Å². The van der Waals surface area contributed by atoms with Gasteiger partial charge in [0.25, 0.3) is 0 Å². The fourth-order valence-electron chi connectivity index (χ4n) is 4.51. The van der Waals surface area contributed by atoms with E-state index < -0.39 is 0 Å². The van der Waals surface area contributed by atoms with Crippen molar-refractivity contribution in [2.45, 2.75) is 110 Å². The van der Waals surface area contributed by atoms with Crippen LogP contribution in [0.5, 0.6) is 0 Å². The monoisotopic (exact) mass is 522 g/mol. The number of nitrogens with zero attached hydrogens (tertiary/aromatic N) is 2. The summed E-state index contributed by atoms with van der Waals surface area (Å²) in [6.45, 7) is 9.41. The third kappa shape index (κ3) is 17.7. The van der Waals surface area contributed by atoms with Crippen LogP contribution in [0, 0.1) is 0 Å². The van der Waals surface area contributed by atoms with Crippen LogP contribution in [0.3, 0.4) is 0 Å². The molecule has 0 atom stereocenters. The Morgan fingerprint density at radius 2 is 1.16 bits per heavy atom. The zero-order chi connectivity index (χ0) is 27.1. The summed E-state index contributed by atoms with van der Waals surface area (Å²) in [4.78, 5) is 48.8. The van der Waals surface area contributed by atoms with Crippen molar-refractivity contribution < 1.29 is 28.7 Å². The molecule has 8 nitrogen and oxygen atoms in total. The lowest BCUT2D eigenvalue weighted by Gasteiger charge is -2.20. The minimum Gasteiger partial charge on any atom is -0.466 e. The highest BCUT2D eigenvalue weighted by atomic mass is 16.5. The van der Waals surface area contributed by atoms with Crippen molar-refractivity contribution in [2.75, 3.05) is 39.4 Å². The van der Waals surface area contributed by atoms with E-state index in [4.69, 9.17) is 9.47 Å². The first-order valence-corrected chi connectivity index (χ1v) is 14.4. The molecule has 2 fully saturated rings. The average Bonchev–Trinajstić information content (AvgIpc) is 3.22. The molecule has 0 bridgehead atoms. The second-order valence-electron chi connectivity index (χ2n) is 9.92. The van der Waals surface area contributed by atoms with Crippen molar-refractivity contribution in [1.82, 2.24) is 9.80 Å². The number of ether oxygens (including phenoxy) is 2. The molecule has 2 heterocycles. The molecule has 0 aliphatic carbocycles. The summed E-state index contributed by atoms with van der Waals surface area (Å²) in [7, 11) is 0. The normalized spacial score (nSPS) is 16.2. The van der Waals surface area contributed by atoms with Gasteiger partial charge in [-0.15, -0.1) is 0 Å². The van der Waals surface area contributed by atoms with E-state index in [1.165, 1.54) is 25.8 Å². The Balaban J connectivity index is 0.000000371. The standard InChI is InChI=1S/C15H25NO3.C14H25NO3/c1-2-15(18)19-13-9-4-3-7-11-16-12-8-5-6-10-14(16)17;1-13(16)18-12-8-3-2-6-10-15-11-7-4-5-9-14(15)17/h2H,1,3-13H2;2-12H2,1H3. The smallest absolute Gasteiger partial charge is 0.330 e. The maximum absolute atomic E-state index is 11.7. The van der Waals surface area contributed by atoms with E-state index in [9.17, 15) is 19.2 Å². The van der Waals surface area contributed by atoms with Crippen LogP contribution in [0.15, 0.2) is 12.7 Å². The quantitative estimate of drug-likeness (QED) is 0.167. The van der Waals surface area contributed by atoms with Crippen molar-refractivity contribution >= 4 is 23.8 Å². The maximum atomic E-state index is 11.7. The summed E-state index contributed by atoms with van der Waals surface area (Å²) < 4.78 is 9.77. The van der Waals surface area contributed by atoms with Crippen LogP contribution in [-0.4, -0.2) is 72.9 Å². The molecular formula is C29H50N2O6. The molecule has 2 amide bonds. The summed E-state index contributed by atoms with van der Waals surface area (Å²) in [5.74, 6) is 0.0881. The van der Waals surface area contributed by atoms with E-state index in [1.807, 2.05) is 9.80 Å². The SMILES string of the molecule is C=CC(=O)OCCCCCCN1CCCCCC1=O.CC(=O)OCCCCCCN1CCCCCC1=O. The first kappa shape index (κ1) is 32.6. The Morgan fingerprint density at radius 1 is 0.703 bits per heavy atom. The number of carbonyl (C=O) groups excluding carboxylic acids is 4. The molecule has 2 saturated heterocycles. The molecule has 0 saturated carbocycles. The van der Waals surface area contributed by atoms with E-state index >= 15 is 0 Å². The molecule has 0 unspecified atom stereocenters. The third-order valence-electron chi connectivity index (χ3n) is 6.70. The molecule has 212 valence electrons. The van der Waals surface area contributed by atoms with Crippen molar-refractivity contribution in [3.8, 4) is 0 Å². The highest BCUT2D eigenvalue weighted by molar-refractivity contribution is 5.81. The summed E-state index contributed by atoms with van der Waals surface area (Å²) >= 11 is 0. The van der Waals surface area contributed by atoms with Gasteiger partial charge in [0.1, 0.15) is 0 Å². The van der Waals surface area contributed by atoms with Gasteiger partial charge < -0.3 is 19.3 Å². The first-order valence-electron chi connectivity index (χ1n) is 14.4. The first-order chi connectivity index (χ1) is 17.9. The molecule has 0 N–H and O–H groups in total. The summed E-state index contributed by atoms with van der Waals surface area (Å²) in [6.07, 6.45) is 17.6. The number of hydrogen-bond acceptors (Lipinski definition) is 6. The second-order valence-corrected chi connectivity index (χ2v) is 9.92. The number of hydrogen-bond donors (Lipinski definition) is 0. The van der Waals surface area contributed by atoms with Crippen LogP contribution in [0.25, 0.3) is 0 Å². The van der Waals surface area contributed by atoms with Crippen LogP contribution in [-0.2, 0) is 28.7 Å². The number of carbonyl (C=O) groups is 4. The summed E-state index contributed by atoms with van der Waals surface area (Å²) in [5.41, 5.74) is 0. The molecule has 0 aromatic heterocycles. The predicted molar refractivity (Wildman–Crippen MR) is 145 cm³/mol. The minimum atomic E-state index is -0.352. The maximum Gasteiger partial charge on any atom is 0.330 e. The van der Waals surface area contributed by atoms with Gasteiger partial charge in [0.15, 0.2) is 0 Å². The Hall–Kier alpha value is -2.38. The Labute approximate surface area is 224 Å². The van der Waals surface area contributed by atoms with Crippen LogP contribution in [0.2, 0.25) is 0 Å². The zero-order valence-corrected chi connectivity index (χ0v) is 23.2. The minimum absolute atomic E-state index is 0.204. The van der Waals surface area contributed by atoms with Gasteiger partial charge in [-0.05, 0) is 64.2 Å². The molecule has 37 heavy (non-hydrogen) atoms. The van der Waals surface area contributed by atoms with Crippen LogP contribution in [0.4, 0.5) is 0 Å². The van der Waals surface area contributed by atoms with E-state index in [1.54, 1.807) is 0 Å². The molecule has 0 spiro atoms. The Kier molecular flexibility index (Phi) is 19.1. The summed E-state index contributed by atoms with van der Waals surface area (Å²) in [6, 6.07) is 0. The number of rotatable bonds is 15. The van der Waals surface area contributed by atoms with Gasteiger partial charge in [0.2, 0.25) is 11.8 Å². The number of amides is 2. The lowest BCUT2D eigenvalue weighted by atomic mass is 10.2. The van der Waals surface area contributed by atoms with Crippen molar-refractivity contribution in [3.63, 3.8) is 0 Å². The molecule has 0 aromatic carbocycles. The van der Waals surface area contributed by atoms with Gasteiger partial charge in [-0.1, -0.05) is 32.3 Å². The lowest BCUT2D eigenvalue weighted by Crippen LogP contribution is -2.31. The fraction of sp³-hybridized carbons (Fsp3) is 0.793. The zero-order valence-electron chi connectivity index (χ0n) is 23.2. The highest BCUT2D eigenvalue weighted by Gasteiger charge is 2.16. The number of likely N-dealkylation sites (tertiary alicyclic amines) is 2. The summed E-state index contributed by atoms with van der Waals surface area (Å²) in [5, 5.41) is 0. The third-order valence-corrected chi connectivity index (χ3v) is 6.70. The van der Waals surface area contributed by atoms with Crippen LogP contribution >= 0.6 is 0 Å². The predicted octanol–water partition coefficient (Wildman–Crippen LogP) is 5.19. The van der Waals surface area contributed by atoms with Gasteiger partial charge in [-0.3, -0.25) is 14.4 Å². The topological polar surface area (TPSA) is 93.2 Å². The largest absolute Gasteiger partial charge is 0.466 e. The van der Waals surface area contributed by atoms with E-state index in [2.05, 4.69) is 6.58 Å². The Morgan fingerprint density at radius 3 is 1.62 bits per heavy atom. The van der Waals surface area contributed by atoms with Crippen molar-refractivity contribution in [2.24, 2.45) is 0 Å². The van der Waals surface area contributed by atoms with E-state index in [0.717, 1.165) is 116 Å². The van der Waals surface area contributed by atoms with Gasteiger partial charge in [-0.25, -0.2) is 4.79 Å². The van der Waals surface area contributed by atoms with Gasteiger partial charge in [-0.2, -0.15) is 0 Å². The van der Waals surface area contributed by atoms with Crippen molar-refractivity contribution in [1.29, 1.82) is 0 Å². The highest BCUT2D eigenvalue weighted by Crippen LogP contribution is 2.13. The van der Waals surface area contributed by atoms with E-state index in [-0.39, 0.29) is 11.9 Å². The molecule has 2 aliphatic rings. The van der Waals surface area contributed by atoms with Crippen LogP contribution < -0.4 is 0 Å². The molecule has 8 heteroatoms. The molecule has 0 radical (unpaired) electrons. The lowest BCUT2D eigenvalue weighted by molar-refractivity contribution is -0.141. The van der Waals surface area contributed by atoms with E-state index in [0.29, 0.717) is 25.0 Å².